The maximum absolute atomic E-state index is 14.6. The molecule has 47 heavy (non-hydrogen) atoms. The fraction of sp³-hybridized carbons (Fsp3) is 0.611. The van der Waals surface area contributed by atoms with Crippen LogP contribution in [-0.4, -0.2) is 104 Å². The molecule has 0 aliphatic carbocycles. The molecular formula is C36H50BrN3O7. The second-order valence-electron chi connectivity index (χ2n) is 13.6. The van der Waals surface area contributed by atoms with Gasteiger partial charge in [-0.3, -0.25) is 19.2 Å². The molecule has 11 heteroatoms. The van der Waals surface area contributed by atoms with E-state index < -0.39 is 59.6 Å². The number of halogens is 1. The van der Waals surface area contributed by atoms with E-state index in [1.807, 2.05) is 65.0 Å². The summed E-state index contributed by atoms with van der Waals surface area (Å²) < 4.78 is 13.0. The lowest BCUT2D eigenvalue weighted by Gasteiger charge is -2.41. The number of aliphatic hydroxyl groups is 1. The van der Waals surface area contributed by atoms with Crippen LogP contribution in [0.1, 0.15) is 65.5 Å². The maximum atomic E-state index is 14.6. The highest BCUT2D eigenvalue weighted by atomic mass is 79.9. The van der Waals surface area contributed by atoms with Gasteiger partial charge < -0.3 is 29.3 Å². The van der Waals surface area contributed by atoms with E-state index in [0.717, 1.165) is 0 Å². The fourth-order valence-corrected chi connectivity index (χ4v) is 8.51. The SMILES string of the molecule is C=CCCC(=O)N(C)[C@H](C)[C@H](OC(=O)[C@@H]1[C@H]2O[C@@]3(CC2Br)[C@H](C(=O)N(CC=C)C(C)C)N([C@@H](CO)C(C)C)C(=O)[C@@H]13)c1ccccc1. The van der Waals surface area contributed by atoms with E-state index in [9.17, 15) is 24.3 Å². The number of fused-ring (bicyclic) bond motifs is 1. The van der Waals surface area contributed by atoms with Crippen LogP contribution >= 0.6 is 15.9 Å². The third kappa shape index (κ3) is 6.68. The van der Waals surface area contributed by atoms with Gasteiger partial charge in [0.25, 0.3) is 0 Å². The Kier molecular flexibility index (Phi) is 11.8. The van der Waals surface area contributed by atoms with Gasteiger partial charge in [-0.15, -0.1) is 13.2 Å². The van der Waals surface area contributed by atoms with Crippen molar-refractivity contribution in [1.82, 2.24) is 14.7 Å². The van der Waals surface area contributed by atoms with Crippen molar-refractivity contribution >= 4 is 39.6 Å². The number of hydrogen-bond acceptors (Lipinski definition) is 7. The molecule has 3 amide bonds. The Hall–Kier alpha value is -3.02. The second kappa shape index (κ2) is 15.0. The minimum atomic E-state index is -1.31. The monoisotopic (exact) mass is 715 g/mol. The molecule has 1 spiro atoms. The lowest BCUT2D eigenvalue weighted by molar-refractivity contribution is -0.165. The number of ether oxygens (including phenoxy) is 2. The van der Waals surface area contributed by atoms with E-state index in [0.29, 0.717) is 18.4 Å². The first kappa shape index (κ1) is 36.8. The highest BCUT2D eigenvalue weighted by Gasteiger charge is 2.77. The maximum Gasteiger partial charge on any atom is 0.313 e. The Bertz CT molecular complexity index is 1340. The Balaban J connectivity index is 1.76. The average molecular weight is 717 g/mol. The van der Waals surface area contributed by atoms with E-state index in [4.69, 9.17) is 9.47 Å². The third-order valence-electron chi connectivity index (χ3n) is 10.2. The zero-order valence-electron chi connectivity index (χ0n) is 28.4. The molecule has 258 valence electrons. The quantitative estimate of drug-likeness (QED) is 0.164. The molecular weight excluding hydrogens is 666 g/mol. The topological polar surface area (TPSA) is 117 Å². The number of amides is 3. The number of likely N-dealkylation sites (tertiary alicyclic amines) is 1. The highest BCUT2D eigenvalue weighted by molar-refractivity contribution is 9.09. The van der Waals surface area contributed by atoms with Crippen LogP contribution in [0.3, 0.4) is 0 Å². The smallest absolute Gasteiger partial charge is 0.313 e. The number of rotatable bonds is 15. The van der Waals surface area contributed by atoms with Gasteiger partial charge in [0.2, 0.25) is 17.7 Å². The lowest BCUT2D eigenvalue weighted by Crippen LogP contribution is -2.60. The summed E-state index contributed by atoms with van der Waals surface area (Å²) in [4.78, 5) is 60.9. The molecule has 1 unspecified atom stereocenters. The van der Waals surface area contributed by atoms with Crippen LogP contribution in [0.4, 0.5) is 0 Å². The first-order chi connectivity index (χ1) is 22.3. The number of likely N-dealkylation sites (N-methyl/N-ethyl adjacent to an activating group) is 1. The largest absolute Gasteiger partial charge is 0.455 e. The van der Waals surface area contributed by atoms with Gasteiger partial charge in [-0.05, 0) is 45.1 Å². The Morgan fingerprint density at radius 3 is 2.36 bits per heavy atom. The zero-order valence-corrected chi connectivity index (χ0v) is 30.0. The van der Waals surface area contributed by atoms with Crippen molar-refractivity contribution in [3.63, 3.8) is 0 Å². The summed E-state index contributed by atoms with van der Waals surface area (Å²) in [6.45, 7) is 16.8. The number of carbonyl (C=O) groups excluding carboxylic acids is 4. The minimum absolute atomic E-state index is 0.113. The minimum Gasteiger partial charge on any atom is -0.455 e. The summed E-state index contributed by atoms with van der Waals surface area (Å²) in [5.74, 6) is -3.63. The third-order valence-corrected chi connectivity index (χ3v) is 11.0. The molecule has 3 aliphatic rings. The van der Waals surface area contributed by atoms with E-state index in [-0.39, 0.29) is 48.2 Å². The van der Waals surface area contributed by atoms with Gasteiger partial charge in [0.05, 0.1) is 36.6 Å². The van der Waals surface area contributed by atoms with Crippen LogP contribution in [-0.2, 0) is 28.7 Å². The van der Waals surface area contributed by atoms with Gasteiger partial charge in [0, 0.05) is 30.9 Å². The summed E-state index contributed by atoms with van der Waals surface area (Å²) in [5.41, 5.74) is -0.603. The molecule has 1 N–H and O–H groups in total. The van der Waals surface area contributed by atoms with Gasteiger partial charge in [-0.25, -0.2) is 0 Å². The number of esters is 1. The number of nitrogens with zero attached hydrogens (tertiary/aromatic N) is 3. The van der Waals surface area contributed by atoms with Crippen molar-refractivity contribution in [1.29, 1.82) is 0 Å². The van der Waals surface area contributed by atoms with Crippen LogP contribution in [0.25, 0.3) is 0 Å². The van der Waals surface area contributed by atoms with Crippen LogP contribution in [0.15, 0.2) is 55.6 Å². The Labute approximate surface area is 287 Å². The Morgan fingerprint density at radius 1 is 1.15 bits per heavy atom. The van der Waals surface area contributed by atoms with Gasteiger partial charge in [-0.2, -0.15) is 0 Å². The highest BCUT2D eigenvalue weighted by Crippen LogP contribution is 2.61. The van der Waals surface area contributed by atoms with Crippen LogP contribution in [0.5, 0.6) is 0 Å². The molecule has 4 rings (SSSR count). The number of hydrogen-bond donors (Lipinski definition) is 1. The molecule has 3 saturated heterocycles. The Morgan fingerprint density at radius 2 is 1.81 bits per heavy atom. The van der Waals surface area contributed by atoms with Crippen LogP contribution in [0.2, 0.25) is 0 Å². The second-order valence-corrected chi connectivity index (χ2v) is 14.8. The average Bonchev–Trinajstić information content (AvgIpc) is 3.64. The summed E-state index contributed by atoms with van der Waals surface area (Å²) in [7, 11) is 1.68. The predicted molar refractivity (Wildman–Crippen MR) is 182 cm³/mol. The van der Waals surface area contributed by atoms with Crippen molar-refractivity contribution in [2.45, 2.75) is 101 Å². The molecule has 1 aromatic rings. The van der Waals surface area contributed by atoms with Crippen molar-refractivity contribution in [2.75, 3.05) is 20.2 Å². The summed E-state index contributed by atoms with van der Waals surface area (Å²) in [5, 5.41) is 10.5. The molecule has 10 nitrogen and oxygen atoms in total. The fourth-order valence-electron chi connectivity index (χ4n) is 7.57. The van der Waals surface area contributed by atoms with Crippen molar-refractivity contribution in [2.24, 2.45) is 17.8 Å². The van der Waals surface area contributed by atoms with Gasteiger partial charge in [0.1, 0.15) is 17.7 Å². The first-order valence-corrected chi connectivity index (χ1v) is 17.5. The van der Waals surface area contributed by atoms with Crippen LogP contribution < -0.4 is 0 Å². The van der Waals surface area contributed by atoms with Crippen molar-refractivity contribution in [3.8, 4) is 0 Å². The van der Waals surface area contributed by atoms with Gasteiger partial charge in [0.15, 0.2) is 0 Å². The molecule has 0 saturated carbocycles. The van der Waals surface area contributed by atoms with E-state index in [1.54, 1.807) is 29.0 Å². The van der Waals surface area contributed by atoms with E-state index in [1.165, 1.54) is 4.90 Å². The molecule has 0 aromatic heterocycles. The van der Waals surface area contributed by atoms with E-state index >= 15 is 0 Å². The molecule has 1 aromatic carbocycles. The predicted octanol–water partition coefficient (Wildman–Crippen LogP) is 4.27. The van der Waals surface area contributed by atoms with Crippen molar-refractivity contribution in [3.05, 3.63) is 61.2 Å². The van der Waals surface area contributed by atoms with Gasteiger partial charge >= 0.3 is 5.97 Å². The van der Waals surface area contributed by atoms with Crippen LogP contribution in [0, 0.1) is 17.8 Å². The molecule has 2 bridgehead atoms. The normalized spacial score (nSPS) is 28.2. The number of carbonyl (C=O) groups is 4. The molecule has 0 radical (unpaired) electrons. The summed E-state index contributed by atoms with van der Waals surface area (Å²) in [6.07, 6.45) is 2.91. The summed E-state index contributed by atoms with van der Waals surface area (Å²) >= 11 is 3.72. The standard InChI is InChI=1S/C36H50BrN3O7/c1-9-11-17-27(42)38(8)23(7)30(24-15-13-12-14-16-24)46-35(45)28-29-33(43)40(26(20-41)21(3)4)32(34(44)39(18-10-2)22(5)6)36(29)19-25(37)31(28)47-36/h9-10,12-16,21-23,25-26,28-32,41H,1-2,11,17-20H2,3-8H3/t23-,25?,26+,28+,29-,30+,31+,32+,36-/m1/s1. The van der Waals surface area contributed by atoms with Crippen molar-refractivity contribution < 1.29 is 33.8 Å². The van der Waals surface area contributed by atoms with Gasteiger partial charge in [-0.1, -0.05) is 72.3 Å². The summed E-state index contributed by atoms with van der Waals surface area (Å²) in [6, 6.07) is 6.77. The van der Waals surface area contributed by atoms with E-state index in [2.05, 4.69) is 29.1 Å². The molecule has 3 aliphatic heterocycles. The number of benzene rings is 1. The lowest BCUT2D eigenvalue weighted by atomic mass is 9.70. The number of aliphatic hydroxyl groups excluding tert-OH is 1. The molecule has 9 atom stereocenters. The number of allylic oxidation sites excluding steroid dienone is 1. The zero-order chi connectivity index (χ0) is 34.8. The molecule has 3 heterocycles. The number of alkyl halides is 1. The first-order valence-electron chi connectivity index (χ1n) is 16.6. The molecule has 3 fully saturated rings.